The van der Waals surface area contributed by atoms with Gasteiger partial charge in [-0.2, -0.15) is 0 Å². The van der Waals surface area contributed by atoms with E-state index in [1.807, 2.05) is 17.5 Å². The number of hydrogen-bond donors (Lipinski definition) is 1. The number of halogens is 2. The molecule has 0 saturated heterocycles. The monoisotopic (exact) mass is 447 g/mol. The number of rotatable bonds is 4. The quantitative estimate of drug-likeness (QED) is 0.587. The van der Waals surface area contributed by atoms with Crippen molar-refractivity contribution in [2.45, 2.75) is 48.9 Å². The van der Waals surface area contributed by atoms with Crippen LogP contribution in [-0.2, 0) is 4.79 Å². The normalized spacial score (nSPS) is 35.2. The average Bonchev–Trinajstić information content (AvgIpc) is 3.12. The molecule has 4 aliphatic carbocycles. The maximum Gasteiger partial charge on any atom is 0.227 e. The topological polar surface area (TPSA) is 29.1 Å². The maximum atomic E-state index is 13.6. The smallest absolute Gasteiger partial charge is 0.227 e. The summed E-state index contributed by atoms with van der Waals surface area (Å²) >= 11 is 5.63. The van der Waals surface area contributed by atoms with E-state index in [0.29, 0.717) is 11.8 Å². The zero-order valence-corrected chi connectivity index (χ0v) is 17.5. The average molecular weight is 448 g/mol. The largest absolute Gasteiger partial charge is 0.344 e. The van der Waals surface area contributed by atoms with Crippen molar-refractivity contribution in [2.24, 2.45) is 17.3 Å². The third kappa shape index (κ3) is 3.17. The molecule has 2 aromatic rings. The van der Waals surface area contributed by atoms with Gasteiger partial charge in [-0.15, -0.1) is 11.3 Å². The summed E-state index contributed by atoms with van der Waals surface area (Å²) in [6.07, 6.45) is 6.69. The first-order chi connectivity index (χ1) is 12.9. The molecule has 4 saturated carbocycles. The van der Waals surface area contributed by atoms with Gasteiger partial charge in [-0.3, -0.25) is 4.79 Å². The summed E-state index contributed by atoms with van der Waals surface area (Å²) in [7, 11) is 0. The molecule has 0 aliphatic heterocycles. The van der Waals surface area contributed by atoms with Gasteiger partial charge in [-0.05, 0) is 79.5 Å². The highest BCUT2D eigenvalue weighted by Crippen LogP contribution is 2.64. The fraction of sp³-hybridized carbons (Fsp3) is 0.500. The summed E-state index contributed by atoms with van der Waals surface area (Å²) in [5, 5.41) is 5.38. The minimum Gasteiger partial charge on any atom is -0.344 e. The minimum absolute atomic E-state index is 0.155. The number of hydrogen-bond acceptors (Lipinski definition) is 2. The van der Waals surface area contributed by atoms with Crippen LogP contribution in [-0.4, -0.2) is 10.2 Å². The Kier molecular flexibility index (Phi) is 4.24. The van der Waals surface area contributed by atoms with E-state index in [2.05, 4.69) is 21.2 Å². The van der Waals surface area contributed by atoms with Crippen molar-refractivity contribution in [1.29, 1.82) is 0 Å². The van der Waals surface area contributed by atoms with Crippen LogP contribution in [0.15, 0.2) is 41.8 Å². The fourth-order valence-electron chi connectivity index (χ4n) is 6.13. The molecule has 0 spiro atoms. The summed E-state index contributed by atoms with van der Waals surface area (Å²) < 4.78 is 13.6. The number of nitrogens with one attached hydrogen (secondary N) is 1. The van der Waals surface area contributed by atoms with Crippen LogP contribution < -0.4 is 5.32 Å². The molecule has 1 aromatic heterocycles. The third-order valence-corrected chi connectivity index (χ3v) is 8.64. The fourth-order valence-corrected chi connectivity index (χ4v) is 8.38. The molecule has 27 heavy (non-hydrogen) atoms. The van der Waals surface area contributed by atoms with Crippen LogP contribution >= 0.6 is 27.3 Å². The van der Waals surface area contributed by atoms with Crippen molar-refractivity contribution in [1.82, 2.24) is 5.32 Å². The van der Waals surface area contributed by atoms with Gasteiger partial charge in [0.05, 0.1) is 11.5 Å². The summed E-state index contributed by atoms with van der Waals surface area (Å²) in [5.74, 6) is 1.27. The first-order valence-corrected chi connectivity index (χ1v) is 11.4. The van der Waals surface area contributed by atoms with Crippen LogP contribution in [0.5, 0.6) is 0 Å². The van der Waals surface area contributed by atoms with Crippen LogP contribution in [0.4, 0.5) is 4.39 Å². The third-order valence-electron chi connectivity index (χ3n) is 6.78. The van der Waals surface area contributed by atoms with Gasteiger partial charge in [0.15, 0.2) is 0 Å². The van der Waals surface area contributed by atoms with Gasteiger partial charge in [0.1, 0.15) is 5.82 Å². The Balaban J connectivity index is 1.45. The molecule has 3 atom stereocenters. The van der Waals surface area contributed by atoms with Gasteiger partial charge >= 0.3 is 0 Å². The lowest BCUT2D eigenvalue weighted by Crippen LogP contribution is -2.58. The molecule has 0 radical (unpaired) electrons. The van der Waals surface area contributed by atoms with Crippen molar-refractivity contribution < 1.29 is 9.18 Å². The van der Waals surface area contributed by atoms with E-state index in [1.165, 1.54) is 31.4 Å². The molecule has 1 amide bonds. The lowest BCUT2D eigenvalue weighted by molar-refractivity contribution is -0.144. The summed E-state index contributed by atoms with van der Waals surface area (Å²) in [4.78, 5) is 14.7. The van der Waals surface area contributed by atoms with Crippen LogP contribution in [0.2, 0.25) is 0 Å². The molecule has 6 rings (SSSR count). The number of thiophene rings is 1. The van der Waals surface area contributed by atoms with E-state index in [9.17, 15) is 9.18 Å². The molecule has 1 aromatic carbocycles. The molecule has 1 N–H and O–H groups in total. The molecular weight excluding hydrogens is 425 g/mol. The van der Waals surface area contributed by atoms with E-state index in [-0.39, 0.29) is 27.5 Å². The Hall–Kier alpha value is -1.20. The molecule has 0 unspecified atom stereocenters. The number of carbonyl (C=O) groups is 1. The Labute approximate surface area is 171 Å². The molecule has 142 valence electrons. The number of benzene rings is 1. The standard InChI is InChI=1S/C22H23BrFNOS/c23-22-11-14-8-15(12-22)10-21(9-14,13-22)20(26)25-19(18-2-1-7-27-18)16-3-5-17(24)6-4-16/h1-7,14-15,19H,8-13H2,(H,25,26)/t14-,15-,19+,21?,22?/m1/s1. The van der Waals surface area contributed by atoms with Gasteiger partial charge in [0, 0.05) is 9.20 Å². The zero-order valence-electron chi connectivity index (χ0n) is 15.1. The SMILES string of the molecule is O=C(N[C@@H](c1ccc(F)cc1)c1cccs1)C12C[C@H]3C[C@@H](CC(Br)(C3)C1)C2. The van der Waals surface area contributed by atoms with Crippen molar-refractivity contribution in [2.75, 3.05) is 0 Å². The minimum atomic E-state index is -0.252. The molecule has 4 aliphatic rings. The van der Waals surface area contributed by atoms with Crippen LogP contribution in [0.25, 0.3) is 0 Å². The van der Waals surface area contributed by atoms with E-state index < -0.39 is 0 Å². The van der Waals surface area contributed by atoms with Crippen molar-refractivity contribution in [3.63, 3.8) is 0 Å². The highest BCUT2D eigenvalue weighted by molar-refractivity contribution is 9.10. The Morgan fingerprint density at radius 1 is 1.15 bits per heavy atom. The van der Waals surface area contributed by atoms with Crippen LogP contribution in [0.1, 0.15) is 55.0 Å². The van der Waals surface area contributed by atoms with E-state index in [0.717, 1.165) is 29.7 Å². The van der Waals surface area contributed by atoms with Gasteiger partial charge in [-0.1, -0.05) is 34.1 Å². The van der Waals surface area contributed by atoms with Gasteiger partial charge in [-0.25, -0.2) is 4.39 Å². The van der Waals surface area contributed by atoms with E-state index in [4.69, 9.17) is 0 Å². The van der Waals surface area contributed by atoms with Gasteiger partial charge in [0.25, 0.3) is 0 Å². The number of carbonyl (C=O) groups excluding carboxylic acids is 1. The second-order valence-electron chi connectivity index (χ2n) is 8.87. The van der Waals surface area contributed by atoms with Crippen molar-refractivity contribution in [3.05, 3.63) is 58.0 Å². The molecule has 4 bridgehead atoms. The highest BCUT2D eigenvalue weighted by Gasteiger charge is 2.59. The summed E-state index contributed by atoms with van der Waals surface area (Å²) in [5.41, 5.74) is 0.689. The Morgan fingerprint density at radius 3 is 2.44 bits per heavy atom. The van der Waals surface area contributed by atoms with Crippen LogP contribution in [0, 0.1) is 23.1 Å². The number of amides is 1. The second kappa shape index (κ2) is 6.41. The van der Waals surface area contributed by atoms with Crippen LogP contribution in [0.3, 0.4) is 0 Å². The lowest BCUT2D eigenvalue weighted by Gasteiger charge is -2.59. The highest BCUT2D eigenvalue weighted by atomic mass is 79.9. The first-order valence-electron chi connectivity index (χ1n) is 9.74. The molecule has 4 fully saturated rings. The van der Waals surface area contributed by atoms with Gasteiger partial charge < -0.3 is 5.32 Å². The van der Waals surface area contributed by atoms with Gasteiger partial charge in [0.2, 0.25) is 5.91 Å². The summed E-state index contributed by atoms with van der Waals surface area (Å²) in [6, 6.07) is 10.3. The predicted molar refractivity (Wildman–Crippen MR) is 109 cm³/mol. The predicted octanol–water partition coefficient (Wildman–Crippen LogP) is 5.83. The zero-order chi connectivity index (χ0) is 18.6. The Bertz CT molecular complexity index is 836. The van der Waals surface area contributed by atoms with Crippen molar-refractivity contribution in [3.8, 4) is 0 Å². The Morgan fingerprint density at radius 2 is 1.85 bits per heavy atom. The molecule has 5 heteroatoms. The van der Waals surface area contributed by atoms with E-state index >= 15 is 0 Å². The first kappa shape index (κ1) is 17.9. The lowest BCUT2D eigenvalue weighted by atomic mass is 9.49. The van der Waals surface area contributed by atoms with E-state index in [1.54, 1.807) is 23.5 Å². The summed E-state index contributed by atoms with van der Waals surface area (Å²) in [6.45, 7) is 0. The molecule has 2 nitrogen and oxygen atoms in total. The molecule has 1 heterocycles. The van der Waals surface area contributed by atoms with Crippen molar-refractivity contribution >= 4 is 33.2 Å². The molecular formula is C22H23BrFNOS. The number of alkyl halides is 1. The second-order valence-corrected chi connectivity index (χ2v) is 11.5. The maximum absolute atomic E-state index is 13.6.